The molecule has 5 heterocycles. The van der Waals surface area contributed by atoms with Gasteiger partial charge < -0.3 is 79.4 Å². The SMILES string of the molecule is CC(=O)N1c2ccc(N(C)C)cc2Sc2cc(N(C)C)ccc21.CC(=O)OC(C)=O.CN(C)c1ccc2c(c1)Sc1cc(N(C)C)ccc1N2.CN(C)c1ccc2c(c1)Sc1cc(N(C)C)ccc1N2.CN(C)c1ccc2nc3ccc(=[N+](C)C)cc-3sc2c1.CN(C)c1ccc2nc3ccc(=[N+](C)C)cc-3sc2c1.[Cl-].[Cl-]. The minimum absolute atomic E-state index is 0. The summed E-state index contributed by atoms with van der Waals surface area (Å²) in [5, 5.41) is 9.44. The van der Waals surface area contributed by atoms with E-state index >= 15 is 0 Å². The third kappa shape index (κ3) is 21.8. The third-order valence-corrected chi connectivity index (χ3v) is 23.4. The van der Waals surface area contributed by atoms with E-state index in [0.29, 0.717) is 0 Å². The molecule has 0 atom stereocenters. The molecule has 26 heteroatoms. The van der Waals surface area contributed by atoms with Crippen molar-refractivity contribution in [2.24, 2.45) is 0 Å². The predicted molar refractivity (Wildman–Crippen MR) is 474 cm³/mol. The van der Waals surface area contributed by atoms with Gasteiger partial charge in [-0.05, 0) is 158 Å². The summed E-state index contributed by atoms with van der Waals surface area (Å²) in [6.45, 7) is 3.98. The number of benzene rings is 10. The fourth-order valence-corrected chi connectivity index (χ4v) is 16.9. The summed E-state index contributed by atoms with van der Waals surface area (Å²) in [5.41, 5.74) is 20.5. The predicted octanol–water partition coefficient (Wildman–Crippen LogP) is 11.1. The Morgan fingerprint density at radius 3 is 0.857 bits per heavy atom. The van der Waals surface area contributed by atoms with Gasteiger partial charge in [-0.25, -0.2) is 19.1 Å². The van der Waals surface area contributed by atoms with Crippen LogP contribution in [0.5, 0.6) is 0 Å². The molecule has 588 valence electrons. The summed E-state index contributed by atoms with van der Waals surface area (Å²) < 4.78 is 10.7. The summed E-state index contributed by atoms with van der Waals surface area (Å²) in [5.74, 6) is -1.09. The Balaban J connectivity index is 0.000000171. The molecule has 0 bridgehead atoms. The van der Waals surface area contributed by atoms with Gasteiger partial charge in [-0.2, -0.15) is 0 Å². The smallest absolute Gasteiger partial charge is 0.310 e. The van der Waals surface area contributed by atoms with E-state index < -0.39 is 11.9 Å². The van der Waals surface area contributed by atoms with E-state index in [1.165, 1.54) is 120 Å². The van der Waals surface area contributed by atoms with Crippen molar-refractivity contribution >= 4 is 176 Å². The number of fused-ring (bicyclic) bond motifs is 10. The lowest BCUT2D eigenvalue weighted by Gasteiger charge is -2.32. The third-order valence-electron chi connectivity index (χ3n) is 17.9. The van der Waals surface area contributed by atoms with Crippen LogP contribution in [0, 0.1) is 0 Å². The van der Waals surface area contributed by atoms with Crippen molar-refractivity contribution in [1.29, 1.82) is 0 Å². The minimum atomic E-state index is -0.562. The molecular weight excluding hydrogens is 1540 g/mol. The van der Waals surface area contributed by atoms with Crippen molar-refractivity contribution < 1.29 is 43.9 Å². The van der Waals surface area contributed by atoms with Crippen molar-refractivity contribution in [3.05, 3.63) is 193 Å². The Morgan fingerprint density at radius 2 is 0.598 bits per heavy atom. The van der Waals surface area contributed by atoms with E-state index in [-0.39, 0.29) is 30.7 Å². The molecule has 19 nitrogen and oxygen atoms in total. The number of nitrogens with one attached hydrogen (secondary N) is 2. The molecule has 8 aromatic carbocycles. The molecule has 2 N–H and O–H groups in total. The van der Waals surface area contributed by atoms with Crippen LogP contribution >= 0.6 is 58.0 Å². The van der Waals surface area contributed by atoms with E-state index in [2.05, 4.69) is 346 Å². The number of aromatic nitrogens is 2. The van der Waals surface area contributed by atoms with E-state index in [0.717, 1.165) is 55.0 Å². The highest BCUT2D eigenvalue weighted by Crippen LogP contribution is 2.51. The molecule has 0 aromatic heterocycles. The molecule has 0 saturated heterocycles. The molecular formula is C86H101Cl2N15O4S5. The van der Waals surface area contributed by atoms with E-state index in [9.17, 15) is 14.4 Å². The van der Waals surface area contributed by atoms with Gasteiger partial charge in [-0.3, -0.25) is 19.3 Å². The van der Waals surface area contributed by atoms with Gasteiger partial charge in [-0.1, -0.05) is 35.3 Å². The highest BCUT2D eigenvalue weighted by Gasteiger charge is 2.28. The summed E-state index contributed by atoms with van der Waals surface area (Å²) in [4.78, 5) is 69.9. The van der Waals surface area contributed by atoms with Gasteiger partial charge in [-0.15, -0.1) is 22.7 Å². The topological polar surface area (TPSA) is 145 Å². The number of halogens is 2. The maximum absolute atomic E-state index is 12.3. The first-order chi connectivity index (χ1) is 52.2. The first-order valence-corrected chi connectivity index (χ1v) is 39.8. The van der Waals surface area contributed by atoms with Crippen LogP contribution in [-0.4, -0.2) is 169 Å². The van der Waals surface area contributed by atoms with Crippen LogP contribution in [0.25, 0.3) is 41.6 Å². The quantitative estimate of drug-likeness (QED) is 0.0643. The Bertz CT molecular complexity index is 5030. The van der Waals surface area contributed by atoms with Crippen molar-refractivity contribution in [3.63, 3.8) is 0 Å². The Hall–Kier alpha value is -9.92. The molecule has 112 heavy (non-hydrogen) atoms. The lowest BCUT2D eigenvalue weighted by atomic mass is 10.2. The van der Waals surface area contributed by atoms with Crippen molar-refractivity contribution in [2.45, 2.75) is 50.1 Å². The van der Waals surface area contributed by atoms with Crippen LogP contribution in [0.2, 0.25) is 0 Å². The number of hydrogen-bond acceptors (Lipinski definition) is 21. The number of carbonyl (C=O) groups excluding carboxylic acids is 3. The highest BCUT2D eigenvalue weighted by atomic mass is 35.5. The maximum Gasteiger partial charge on any atom is 0.310 e. The number of carbonyl (C=O) groups is 3. The number of hydrogen-bond donors (Lipinski definition) is 2. The molecule has 0 unspecified atom stereocenters. The Kier molecular flexibility index (Phi) is 30.2. The summed E-state index contributed by atoms with van der Waals surface area (Å²) in [6.07, 6.45) is 0. The number of anilines is 14. The summed E-state index contributed by atoms with van der Waals surface area (Å²) in [7, 11) is 41.1. The number of ether oxygens (including phenoxy) is 1. The zero-order valence-electron chi connectivity index (χ0n) is 68.1. The highest BCUT2D eigenvalue weighted by molar-refractivity contribution is 8.00. The van der Waals surface area contributed by atoms with Crippen LogP contribution in [0.1, 0.15) is 20.8 Å². The Morgan fingerprint density at radius 1 is 0.339 bits per heavy atom. The normalized spacial score (nSPS) is 11.3. The van der Waals surface area contributed by atoms with Gasteiger partial charge in [0.25, 0.3) is 0 Å². The van der Waals surface area contributed by atoms with E-state index in [1.54, 1.807) is 46.3 Å². The number of rotatable bonds is 8. The van der Waals surface area contributed by atoms with Crippen LogP contribution in [0.3, 0.4) is 0 Å². The molecule has 5 aliphatic heterocycles. The average molecular weight is 1640 g/mol. The molecule has 0 fully saturated rings. The van der Waals surface area contributed by atoms with Crippen molar-refractivity contribution in [1.82, 2.24) is 19.1 Å². The molecule has 7 aliphatic rings. The number of esters is 2. The second-order valence-electron chi connectivity index (χ2n) is 28.5. The van der Waals surface area contributed by atoms with E-state index in [1.807, 2.05) is 63.8 Å². The molecule has 0 spiro atoms. The van der Waals surface area contributed by atoms with Gasteiger partial charge >= 0.3 is 11.9 Å². The van der Waals surface area contributed by atoms with Crippen LogP contribution in [0.4, 0.5) is 79.6 Å². The monoisotopic (exact) mass is 1640 g/mol. The largest absolute Gasteiger partial charge is 1.00 e. The molecule has 8 aromatic rings. The number of amides is 1. The fraction of sp³-hybridized carbons (Fsp3) is 0.267. The minimum Gasteiger partial charge on any atom is -1.00 e. The second-order valence-corrected chi connectivity index (χ2v) is 33.9. The summed E-state index contributed by atoms with van der Waals surface area (Å²) in [6, 6.07) is 64.2. The lowest BCUT2D eigenvalue weighted by Crippen LogP contribution is -3.00. The standard InChI is InChI=1S/C18H21N3OS.2C16H19N3S.2C16H18N3S.C4H6O3.2ClH/c1-12(22)21-15-8-6-13(19(2)3)10-17(15)23-18-11-14(20(4)5)7-9-16(18)21;4*1-18(2)11-5-7-13-15(9-11)20-16-10-12(19(3)4)6-8-14(16)17-13;1-3(5)7-4(2)6;;/h6-11H,1-5H3;2*5-10,17H,1-4H3;2*5-10H,1-4H3;1-2H3;2*1H/q;;;2*+1;;;/p-2. The fourth-order valence-electron chi connectivity index (χ4n) is 11.6. The van der Waals surface area contributed by atoms with Crippen LogP contribution in [0.15, 0.2) is 211 Å². The molecule has 0 saturated carbocycles. The molecule has 0 radical (unpaired) electrons. The van der Waals surface area contributed by atoms with Crippen LogP contribution < -0.4 is 99.4 Å². The maximum atomic E-state index is 12.3. The second kappa shape index (κ2) is 38.5. The average Bonchev–Trinajstić information content (AvgIpc) is 0.764. The molecule has 1 amide bonds. The van der Waals surface area contributed by atoms with Gasteiger partial charge in [0.2, 0.25) is 16.6 Å². The Labute approximate surface area is 693 Å². The molecule has 2 aliphatic carbocycles. The first-order valence-electron chi connectivity index (χ1n) is 35.7. The summed E-state index contributed by atoms with van der Waals surface area (Å²) >= 11 is 8.98. The van der Waals surface area contributed by atoms with Crippen molar-refractivity contribution in [2.75, 3.05) is 196 Å². The van der Waals surface area contributed by atoms with Gasteiger partial charge in [0.1, 0.15) is 28.2 Å². The number of nitrogens with zero attached hydrogens (tertiary/aromatic N) is 13. The molecule has 15 rings (SSSR count). The zero-order valence-corrected chi connectivity index (χ0v) is 73.7. The van der Waals surface area contributed by atoms with Crippen molar-refractivity contribution in [3.8, 4) is 21.1 Å². The van der Waals surface area contributed by atoms with Gasteiger partial charge in [0.15, 0.2) is 0 Å². The van der Waals surface area contributed by atoms with E-state index in [4.69, 9.17) is 9.97 Å². The lowest BCUT2D eigenvalue weighted by molar-refractivity contribution is -0.156. The zero-order chi connectivity index (χ0) is 79.7. The first kappa shape index (κ1) is 87.7. The van der Waals surface area contributed by atoms with Gasteiger partial charge in [0.05, 0.1) is 75.7 Å². The van der Waals surface area contributed by atoms with Crippen LogP contribution in [-0.2, 0) is 19.1 Å². The van der Waals surface area contributed by atoms with Gasteiger partial charge in [0, 0.05) is 233 Å².